The summed E-state index contributed by atoms with van der Waals surface area (Å²) >= 11 is 0. The number of benzene rings is 1. The number of rotatable bonds is 11. The van der Waals surface area contributed by atoms with E-state index in [-0.39, 0.29) is 5.92 Å². The SMILES string of the molecule is CCCCCCOc1ccc(C(CC)CC(O)C(C)O)cc1. The van der Waals surface area contributed by atoms with Crippen LogP contribution in [-0.4, -0.2) is 29.0 Å². The molecule has 0 aromatic heterocycles. The monoisotopic (exact) mass is 308 g/mol. The summed E-state index contributed by atoms with van der Waals surface area (Å²) in [5.74, 6) is 1.18. The van der Waals surface area contributed by atoms with Gasteiger partial charge >= 0.3 is 0 Å². The highest BCUT2D eigenvalue weighted by Crippen LogP contribution is 2.27. The summed E-state index contributed by atoms with van der Waals surface area (Å²) in [6.45, 7) is 6.72. The van der Waals surface area contributed by atoms with Crippen LogP contribution in [0.5, 0.6) is 5.75 Å². The van der Waals surface area contributed by atoms with Crippen molar-refractivity contribution in [3.63, 3.8) is 0 Å². The third-order valence-corrected chi connectivity index (χ3v) is 4.19. The Morgan fingerprint density at radius 3 is 2.23 bits per heavy atom. The quantitative estimate of drug-likeness (QED) is 0.600. The molecule has 1 aromatic rings. The van der Waals surface area contributed by atoms with Gasteiger partial charge in [0.1, 0.15) is 5.75 Å². The van der Waals surface area contributed by atoms with Crippen LogP contribution < -0.4 is 4.74 Å². The smallest absolute Gasteiger partial charge is 0.119 e. The molecule has 3 nitrogen and oxygen atoms in total. The van der Waals surface area contributed by atoms with Crippen molar-refractivity contribution in [3.05, 3.63) is 29.8 Å². The largest absolute Gasteiger partial charge is 0.494 e. The third-order valence-electron chi connectivity index (χ3n) is 4.19. The predicted octanol–water partition coefficient (Wildman–Crippen LogP) is 4.27. The minimum Gasteiger partial charge on any atom is -0.494 e. The normalized spacial score (nSPS) is 15.3. The molecule has 0 bridgehead atoms. The first-order chi connectivity index (χ1) is 10.6. The number of aliphatic hydroxyl groups excluding tert-OH is 2. The molecule has 0 saturated carbocycles. The summed E-state index contributed by atoms with van der Waals surface area (Å²) in [6, 6.07) is 8.16. The van der Waals surface area contributed by atoms with E-state index in [1.807, 2.05) is 12.1 Å². The van der Waals surface area contributed by atoms with E-state index in [1.54, 1.807) is 6.92 Å². The maximum absolute atomic E-state index is 9.86. The maximum atomic E-state index is 9.86. The molecule has 0 amide bonds. The van der Waals surface area contributed by atoms with Gasteiger partial charge in [-0.2, -0.15) is 0 Å². The lowest BCUT2D eigenvalue weighted by Gasteiger charge is -2.21. The number of hydrogen-bond acceptors (Lipinski definition) is 3. The fourth-order valence-corrected chi connectivity index (χ4v) is 2.58. The lowest BCUT2D eigenvalue weighted by Crippen LogP contribution is -2.24. The molecule has 3 heteroatoms. The zero-order valence-electron chi connectivity index (χ0n) is 14.3. The molecular formula is C19H32O3. The molecule has 0 aliphatic rings. The minimum atomic E-state index is -0.681. The lowest BCUT2D eigenvalue weighted by atomic mass is 9.89. The second kappa shape index (κ2) is 10.6. The van der Waals surface area contributed by atoms with Gasteiger partial charge in [-0.05, 0) is 49.8 Å². The fraction of sp³-hybridized carbons (Fsp3) is 0.684. The molecular weight excluding hydrogens is 276 g/mol. The lowest BCUT2D eigenvalue weighted by molar-refractivity contribution is 0.0215. The average Bonchev–Trinajstić information content (AvgIpc) is 2.52. The van der Waals surface area contributed by atoms with E-state index in [0.29, 0.717) is 6.42 Å². The summed E-state index contributed by atoms with van der Waals surface area (Å²) in [6.07, 6.45) is 5.03. The van der Waals surface area contributed by atoms with Gasteiger partial charge in [-0.3, -0.25) is 0 Å². The van der Waals surface area contributed by atoms with E-state index < -0.39 is 12.2 Å². The summed E-state index contributed by atoms with van der Waals surface area (Å²) in [4.78, 5) is 0. The number of aliphatic hydroxyl groups is 2. The van der Waals surface area contributed by atoms with Crippen molar-refractivity contribution >= 4 is 0 Å². The van der Waals surface area contributed by atoms with Gasteiger partial charge in [0.2, 0.25) is 0 Å². The van der Waals surface area contributed by atoms with Crippen LogP contribution in [0.2, 0.25) is 0 Å². The first kappa shape index (κ1) is 19.0. The van der Waals surface area contributed by atoms with Gasteiger partial charge in [-0.15, -0.1) is 0 Å². The summed E-state index contributed by atoms with van der Waals surface area (Å²) in [5, 5.41) is 19.3. The van der Waals surface area contributed by atoms with E-state index in [0.717, 1.165) is 25.2 Å². The van der Waals surface area contributed by atoms with Crippen molar-refractivity contribution in [2.24, 2.45) is 0 Å². The van der Waals surface area contributed by atoms with E-state index in [4.69, 9.17) is 4.74 Å². The van der Waals surface area contributed by atoms with Gasteiger partial charge in [0.05, 0.1) is 18.8 Å². The third kappa shape index (κ3) is 6.80. The number of unbranched alkanes of at least 4 members (excludes halogenated alkanes) is 3. The van der Waals surface area contributed by atoms with Crippen LogP contribution >= 0.6 is 0 Å². The van der Waals surface area contributed by atoms with Gasteiger partial charge < -0.3 is 14.9 Å². The number of ether oxygens (including phenoxy) is 1. The van der Waals surface area contributed by atoms with Crippen molar-refractivity contribution in [1.82, 2.24) is 0 Å². The highest BCUT2D eigenvalue weighted by Gasteiger charge is 2.18. The summed E-state index contributed by atoms with van der Waals surface area (Å²) < 4.78 is 5.75. The Hall–Kier alpha value is -1.06. The van der Waals surface area contributed by atoms with Crippen LogP contribution in [0.1, 0.15) is 70.8 Å². The molecule has 0 fully saturated rings. The van der Waals surface area contributed by atoms with Crippen molar-refractivity contribution in [2.75, 3.05) is 6.61 Å². The molecule has 0 radical (unpaired) electrons. The van der Waals surface area contributed by atoms with Gasteiger partial charge in [-0.25, -0.2) is 0 Å². The molecule has 0 aliphatic heterocycles. The second-order valence-corrected chi connectivity index (χ2v) is 6.13. The second-order valence-electron chi connectivity index (χ2n) is 6.13. The van der Waals surface area contributed by atoms with E-state index in [1.165, 1.54) is 24.8 Å². The van der Waals surface area contributed by atoms with Crippen LogP contribution in [0, 0.1) is 0 Å². The van der Waals surface area contributed by atoms with E-state index in [9.17, 15) is 10.2 Å². The number of hydrogen-bond donors (Lipinski definition) is 2. The predicted molar refractivity (Wildman–Crippen MR) is 91.4 cm³/mol. The van der Waals surface area contributed by atoms with Crippen LogP contribution in [0.25, 0.3) is 0 Å². The zero-order chi connectivity index (χ0) is 16.4. The van der Waals surface area contributed by atoms with Crippen LogP contribution in [-0.2, 0) is 0 Å². The van der Waals surface area contributed by atoms with Gasteiger partial charge in [0.25, 0.3) is 0 Å². The minimum absolute atomic E-state index is 0.267. The molecule has 0 aliphatic carbocycles. The molecule has 0 heterocycles. The van der Waals surface area contributed by atoms with E-state index in [2.05, 4.69) is 26.0 Å². The highest BCUT2D eigenvalue weighted by atomic mass is 16.5. The van der Waals surface area contributed by atoms with Crippen LogP contribution in [0.4, 0.5) is 0 Å². The molecule has 1 aromatic carbocycles. The molecule has 0 spiro atoms. The molecule has 126 valence electrons. The van der Waals surface area contributed by atoms with Crippen LogP contribution in [0.3, 0.4) is 0 Å². The molecule has 2 N–H and O–H groups in total. The topological polar surface area (TPSA) is 49.7 Å². The Balaban J connectivity index is 2.48. The van der Waals surface area contributed by atoms with Gasteiger partial charge in [0, 0.05) is 0 Å². The van der Waals surface area contributed by atoms with Crippen LogP contribution in [0.15, 0.2) is 24.3 Å². The summed E-state index contributed by atoms with van der Waals surface area (Å²) in [7, 11) is 0. The van der Waals surface area contributed by atoms with Crippen molar-refractivity contribution in [1.29, 1.82) is 0 Å². The Labute approximate surface area is 135 Å². The molecule has 3 unspecified atom stereocenters. The Morgan fingerprint density at radius 2 is 1.68 bits per heavy atom. The standard InChI is InChI=1S/C19H32O3/c1-4-6-7-8-13-22-18-11-9-17(10-12-18)16(5-2)14-19(21)15(3)20/h9-12,15-16,19-21H,4-8,13-14H2,1-3H3. The zero-order valence-corrected chi connectivity index (χ0v) is 14.3. The van der Waals surface area contributed by atoms with Crippen molar-refractivity contribution < 1.29 is 14.9 Å². The molecule has 22 heavy (non-hydrogen) atoms. The fourth-order valence-electron chi connectivity index (χ4n) is 2.58. The van der Waals surface area contributed by atoms with Gasteiger partial charge in [-0.1, -0.05) is 45.2 Å². The first-order valence-electron chi connectivity index (χ1n) is 8.67. The molecule has 1 rings (SSSR count). The Morgan fingerprint density at radius 1 is 1.00 bits per heavy atom. The average molecular weight is 308 g/mol. The van der Waals surface area contributed by atoms with Crippen molar-refractivity contribution in [2.45, 2.75) is 77.4 Å². The van der Waals surface area contributed by atoms with Crippen molar-refractivity contribution in [3.8, 4) is 5.75 Å². The Bertz CT molecular complexity index is 386. The Kier molecular flexibility index (Phi) is 9.17. The molecule has 3 atom stereocenters. The highest BCUT2D eigenvalue weighted by molar-refractivity contribution is 5.29. The summed E-state index contributed by atoms with van der Waals surface area (Å²) in [5.41, 5.74) is 1.19. The maximum Gasteiger partial charge on any atom is 0.119 e. The van der Waals surface area contributed by atoms with E-state index >= 15 is 0 Å². The molecule has 0 saturated heterocycles. The van der Waals surface area contributed by atoms with Gasteiger partial charge in [0.15, 0.2) is 0 Å². The first-order valence-corrected chi connectivity index (χ1v) is 8.67.